The van der Waals surface area contributed by atoms with E-state index < -0.39 is 16.0 Å². The third-order valence-corrected chi connectivity index (χ3v) is 5.52. The summed E-state index contributed by atoms with van der Waals surface area (Å²) in [5.74, 6) is -0.281. The van der Waals surface area contributed by atoms with Crippen LogP contribution in [0.5, 0.6) is 11.5 Å². The molecule has 0 bridgehead atoms. The third-order valence-electron chi connectivity index (χ3n) is 4.13. The Morgan fingerprint density at radius 2 is 1.71 bits per heavy atom. The number of aryl methyl sites for hydroxylation is 2. The van der Waals surface area contributed by atoms with E-state index >= 15 is 0 Å². The van der Waals surface area contributed by atoms with Crippen molar-refractivity contribution in [2.24, 2.45) is 0 Å². The van der Waals surface area contributed by atoms with E-state index in [0.29, 0.717) is 11.3 Å². The van der Waals surface area contributed by atoms with Gasteiger partial charge >= 0.3 is 5.97 Å². The summed E-state index contributed by atoms with van der Waals surface area (Å²) in [4.78, 5) is 11.2. The fourth-order valence-electron chi connectivity index (χ4n) is 2.49. The number of hydrogen-bond donors (Lipinski definition) is 1. The summed E-state index contributed by atoms with van der Waals surface area (Å²) in [6.45, 7) is 3.84. The van der Waals surface area contributed by atoms with Crippen molar-refractivity contribution >= 4 is 27.8 Å². The van der Waals surface area contributed by atoms with E-state index in [4.69, 9.17) is 9.47 Å². The highest BCUT2D eigenvalue weighted by Crippen LogP contribution is 2.37. The Morgan fingerprint density at radius 3 is 2.29 bits per heavy atom. The quantitative estimate of drug-likeness (QED) is 0.561. The predicted octanol–water partition coefficient (Wildman–Crippen LogP) is 3.31. The SMILES string of the molecule is COC(=O)/C=C/c1cc(OC)c(OC)c(S(=O)(=O)Nc2ccc(C)c(C)c2)c1. The number of ether oxygens (including phenoxy) is 3. The minimum absolute atomic E-state index is 0.0639. The van der Waals surface area contributed by atoms with Gasteiger partial charge in [-0.05, 0) is 60.9 Å². The Morgan fingerprint density at radius 1 is 1.00 bits per heavy atom. The molecule has 0 spiro atoms. The van der Waals surface area contributed by atoms with Crippen molar-refractivity contribution in [2.45, 2.75) is 18.7 Å². The Balaban J connectivity index is 2.54. The maximum atomic E-state index is 13.0. The van der Waals surface area contributed by atoms with Crippen LogP contribution in [0, 0.1) is 13.8 Å². The van der Waals surface area contributed by atoms with E-state index in [-0.39, 0.29) is 16.4 Å². The van der Waals surface area contributed by atoms with Crippen LogP contribution in [0.4, 0.5) is 5.69 Å². The molecule has 0 saturated heterocycles. The van der Waals surface area contributed by atoms with Crippen LogP contribution in [0.25, 0.3) is 6.08 Å². The molecule has 0 heterocycles. The van der Waals surface area contributed by atoms with Crippen molar-refractivity contribution in [3.8, 4) is 11.5 Å². The summed E-state index contributed by atoms with van der Waals surface area (Å²) in [5.41, 5.74) is 2.87. The normalized spacial score (nSPS) is 11.3. The van der Waals surface area contributed by atoms with E-state index in [1.165, 1.54) is 39.5 Å². The summed E-state index contributed by atoms with van der Waals surface area (Å²) in [7, 11) is 0.0242. The van der Waals surface area contributed by atoms with E-state index in [2.05, 4.69) is 9.46 Å². The lowest BCUT2D eigenvalue weighted by Gasteiger charge is -2.16. The van der Waals surface area contributed by atoms with Gasteiger partial charge in [0, 0.05) is 11.8 Å². The zero-order chi connectivity index (χ0) is 20.9. The Kier molecular flexibility index (Phi) is 6.69. The minimum atomic E-state index is -3.99. The summed E-state index contributed by atoms with van der Waals surface area (Å²) in [6, 6.07) is 8.22. The molecule has 0 unspecified atom stereocenters. The topological polar surface area (TPSA) is 90.9 Å². The number of benzene rings is 2. The minimum Gasteiger partial charge on any atom is -0.493 e. The average molecular weight is 405 g/mol. The molecule has 0 fully saturated rings. The highest BCUT2D eigenvalue weighted by atomic mass is 32.2. The van der Waals surface area contributed by atoms with E-state index in [1.54, 1.807) is 18.2 Å². The van der Waals surface area contributed by atoms with Crippen LogP contribution >= 0.6 is 0 Å². The highest BCUT2D eigenvalue weighted by molar-refractivity contribution is 7.92. The summed E-state index contributed by atoms with van der Waals surface area (Å²) in [6.07, 6.45) is 2.62. The maximum Gasteiger partial charge on any atom is 0.330 e. The number of anilines is 1. The second-order valence-corrected chi connectivity index (χ2v) is 7.67. The molecule has 2 aromatic carbocycles. The first-order valence-corrected chi connectivity index (χ1v) is 9.82. The lowest BCUT2D eigenvalue weighted by atomic mass is 10.1. The lowest BCUT2D eigenvalue weighted by molar-refractivity contribution is -0.134. The molecule has 0 saturated carbocycles. The van der Waals surface area contributed by atoms with E-state index in [9.17, 15) is 13.2 Å². The first-order valence-electron chi connectivity index (χ1n) is 8.34. The van der Waals surface area contributed by atoms with Gasteiger partial charge in [0.15, 0.2) is 11.5 Å². The van der Waals surface area contributed by atoms with E-state index in [1.807, 2.05) is 19.9 Å². The van der Waals surface area contributed by atoms with Crippen LogP contribution in [0.2, 0.25) is 0 Å². The van der Waals surface area contributed by atoms with Crippen molar-refractivity contribution in [2.75, 3.05) is 26.1 Å². The van der Waals surface area contributed by atoms with Gasteiger partial charge in [-0.2, -0.15) is 0 Å². The second-order valence-electron chi connectivity index (χ2n) is 6.02. The second kappa shape index (κ2) is 8.79. The van der Waals surface area contributed by atoms with Crippen LogP contribution in [-0.2, 0) is 19.6 Å². The molecule has 0 aliphatic heterocycles. The van der Waals surface area contributed by atoms with Crippen LogP contribution < -0.4 is 14.2 Å². The summed E-state index contributed by atoms with van der Waals surface area (Å²) in [5, 5.41) is 0. The molecule has 150 valence electrons. The fraction of sp³-hybridized carbons (Fsp3) is 0.250. The zero-order valence-corrected chi connectivity index (χ0v) is 17.2. The molecule has 2 rings (SSSR count). The van der Waals surface area contributed by atoms with Crippen molar-refractivity contribution in [3.63, 3.8) is 0 Å². The van der Waals surface area contributed by atoms with Crippen molar-refractivity contribution in [1.29, 1.82) is 0 Å². The molecule has 0 aromatic heterocycles. The first kappa shape index (κ1) is 21.3. The van der Waals surface area contributed by atoms with Crippen molar-refractivity contribution in [3.05, 3.63) is 53.1 Å². The molecule has 8 heteroatoms. The molecule has 0 atom stereocenters. The van der Waals surface area contributed by atoms with Gasteiger partial charge in [-0.1, -0.05) is 6.07 Å². The first-order chi connectivity index (χ1) is 13.2. The smallest absolute Gasteiger partial charge is 0.330 e. The summed E-state index contributed by atoms with van der Waals surface area (Å²) < 4.78 is 43.7. The molecule has 0 aliphatic rings. The summed E-state index contributed by atoms with van der Waals surface area (Å²) >= 11 is 0. The molecule has 2 aromatic rings. The lowest BCUT2D eigenvalue weighted by Crippen LogP contribution is -2.15. The number of methoxy groups -OCH3 is 3. The van der Waals surface area contributed by atoms with Gasteiger partial charge in [0.05, 0.1) is 21.3 Å². The Hall–Kier alpha value is -3.00. The number of carbonyl (C=O) groups is 1. The number of esters is 1. The van der Waals surface area contributed by atoms with Gasteiger partial charge < -0.3 is 14.2 Å². The fourth-order valence-corrected chi connectivity index (χ4v) is 3.76. The van der Waals surface area contributed by atoms with Gasteiger partial charge in [-0.15, -0.1) is 0 Å². The molecule has 0 amide bonds. The van der Waals surface area contributed by atoms with Gasteiger partial charge in [-0.25, -0.2) is 13.2 Å². The third kappa shape index (κ3) is 4.83. The molecule has 0 aliphatic carbocycles. The van der Waals surface area contributed by atoms with Crippen LogP contribution in [0.15, 0.2) is 41.3 Å². The molecular formula is C20H23NO6S. The standard InChI is InChI=1S/C20H23NO6S/c1-13-6-8-16(10-14(13)2)21-28(23,24)18-12-15(7-9-19(22)26-4)11-17(25-3)20(18)27-5/h6-12,21H,1-5H3/b9-7+. The highest BCUT2D eigenvalue weighted by Gasteiger charge is 2.24. The predicted molar refractivity (Wildman–Crippen MR) is 107 cm³/mol. The molecular weight excluding hydrogens is 382 g/mol. The molecule has 7 nitrogen and oxygen atoms in total. The van der Waals surface area contributed by atoms with Crippen LogP contribution in [0.3, 0.4) is 0 Å². The Bertz CT molecular complexity index is 1010. The zero-order valence-electron chi connectivity index (χ0n) is 16.4. The van der Waals surface area contributed by atoms with Crippen molar-refractivity contribution in [1.82, 2.24) is 0 Å². The van der Waals surface area contributed by atoms with Crippen LogP contribution in [0.1, 0.15) is 16.7 Å². The number of hydrogen-bond acceptors (Lipinski definition) is 6. The van der Waals surface area contributed by atoms with E-state index in [0.717, 1.165) is 11.1 Å². The molecule has 0 radical (unpaired) electrons. The average Bonchev–Trinajstić information content (AvgIpc) is 2.67. The Labute approximate surface area is 165 Å². The molecule has 1 N–H and O–H groups in total. The van der Waals surface area contributed by atoms with Crippen molar-refractivity contribution < 1.29 is 27.4 Å². The van der Waals surface area contributed by atoms with Gasteiger partial charge in [0.1, 0.15) is 4.90 Å². The molecule has 28 heavy (non-hydrogen) atoms. The number of carbonyl (C=O) groups excluding carboxylic acids is 1. The largest absolute Gasteiger partial charge is 0.493 e. The maximum absolute atomic E-state index is 13.0. The number of nitrogens with one attached hydrogen (secondary N) is 1. The van der Waals surface area contributed by atoms with Gasteiger partial charge in [-0.3, -0.25) is 4.72 Å². The van der Waals surface area contributed by atoms with Gasteiger partial charge in [0.2, 0.25) is 0 Å². The number of sulfonamides is 1. The van der Waals surface area contributed by atoms with Crippen LogP contribution in [-0.4, -0.2) is 35.7 Å². The number of rotatable bonds is 7. The van der Waals surface area contributed by atoms with Gasteiger partial charge in [0.25, 0.3) is 10.0 Å². The monoisotopic (exact) mass is 405 g/mol.